The zero-order chi connectivity index (χ0) is 17.4. The van der Waals surface area contributed by atoms with E-state index in [0.29, 0.717) is 20.1 Å². The average Bonchev–Trinajstić information content (AvgIpc) is 3.01. The first kappa shape index (κ1) is 18.6. The summed E-state index contributed by atoms with van der Waals surface area (Å²) in [5.41, 5.74) is 0.698. The van der Waals surface area contributed by atoms with Crippen LogP contribution in [0.2, 0.25) is 0 Å². The lowest BCUT2D eigenvalue weighted by Crippen LogP contribution is -2.13. The Balaban J connectivity index is 1.75. The van der Waals surface area contributed by atoms with Gasteiger partial charge in [0.15, 0.2) is 8.68 Å². The molecule has 0 radical (unpaired) electrons. The predicted octanol–water partition coefficient (Wildman–Crippen LogP) is 2.84. The van der Waals surface area contributed by atoms with Crippen LogP contribution in [0.3, 0.4) is 0 Å². The van der Waals surface area contributed by atoms with Crippen LogP contribution in [-0.2, 0) is 9.59 Å². The highest BCUT2D eigenvalue weighted by Crippen LogP contribution is 2.29. The van der Waals surface area contributed by atoms with Crippen LogP contribution in [0.4, 0.5) is 5.69 Å². The van der Waals surface area contributed by atoms with E-state index < -0.39 is 5.97 Å². The molecule has 24 heavy (non-hydrogen) atoms. The van der Waals surface area contributed by atoms with Gasteiger partial charge in [-0.2, -0.15) is 0 Å². The van der Waals surface area contributed by atoms with Crippen LogP contribution in [0.1, 0.15) is 6.42 Å². The van der Waals surface area contributed by atoms with E-state index in [-0.39, 0.29) is 18.1 Å². The van der Waals surface area contributed by atoms with Crippen molar-refractivity contribution in [3.05, 3.63) is 24.3 Å². The maximum absolute atomic E-state index is 11.9. The van der Waals surface area contributed by atoms with E-state index in [4.69, 9.17) is 9.84 Å². The van der Waals surface area contributed by atoms with Crippen molar-refractivity contribution < 1.29 is 19.4 Å². The van der Waals surface area contributed by atoms with Crippen LogP contribution >= 0.6 is 34.9 Å². The van der Waals surface area contributed by atoms with Gasteiger partial charge in [0.2, 0.25) is 5.91 Å². The molecular weight excluding hydrogens is 370 g/mol. The fourth-order valence-corrected chi connectivity index (χ4v) is 4.36. The average molecular weight is 385 g/mol. The van der Waals surface area contributed by atoms with Crippen molar-refractivity contribution in [2.75, 3.05) is 23.9 Å². The molecule has 0 spiro atoms. The molecule has 0 atom stereocenters. The van der Waals surface area contributed by atoms with Gasteiger partial charge in [0.1, 0.15) is 5.75 Å². The highest BCUT2D eigenvalue weighted by Gasteiger charge is 2.09. The molecule has 1 amide bonds. The summed E-state index contributed by atoms with van der Waals surface area (Å²) in [4.78, 5) is 22.4. The minimum atomic E-state index is -0.836. The number of hydrogen-bond acceptors (Lipinski definition) is 8. The van der Waals surface area contributed by atoms with Gasteiger partial charge >= 0.3 is 5.97 Å². The lowest BCUT2D eigenvalue weighted by atomic mass is 10.3. The minimum absolute atomic E-state index is 0.0803. The Morgan fingerprint density at radius 3 is 2.50 bits per heavy atom. The van der Waals surface area contributed by atoms with Gasteiger partial charge in [-0.25, -0.2) is 0 Å². The van der Waals surface area contributed by atoms with Gasteiger partial charge in [-0.05, 0) is 24.3 Å². The van der Waals surface area contributed by atoms with Crippen LogP contribution in [0.25, 0.3) is 0 Å². The summed E-state index contributed by atoms with van der Waals surface area (Å²) in [6.45, 7) is 0. The third-order valence-corrected chi connectivity index (χ3v) is 5.82. The molecule has 10 heteroatoms. The fourth-order valence-electron chi connectivity index (χ4n) is 1.54. The number of carbonyl (C=O) groups is 2. The van der Waals surface area contributed by atoms with E-state index in [1.165, 1.54) is 34.9 Å². The number of amides is 1. The van der Waals surface area contributed by atoms with Crippen molar-refractivity contribution >= 4 is 52.4 Å². The summed E-state index contributed by atoms with van der Waals surface area (Å²) in [6.07, 6.45) is 0.0803. The van der Waals surface area contributed by atoms with Crippen molar-refractivity contribution in [1.29, 1.82) is 0 Å². The van der Waals surface area contributed by atoms with Crippen molar-refractivity contribution in [3.63, 3.8) is 0 Å². The number of methoxy groups -OCH3 is 1. The first-order chi connectivity index (χ1) is 11.6. The van der Waals surface area contributed by atoms with Gasteiger partial charge < -0.3 is 15.2 Å². The number of carboxylic acids is 1. The largest absolute Gasteiger partial charge is 0.497 e. The number of hydrogen-bond donors (Lipinski definition) is 2. The summed E-state index contributed by atoms with van der Waals surface area (Å²) >= 11 is 3.99. The number of anilines is 1. The molecule has 2 aromatic rings. The molecule has 1 aromatic carbocycles. The quantitative estimate of drug-likeness (QED) is 0.636. The number of aromatic nitrogens is 2. The van der Waals surface area contributed by atoms with Crippen LogP contribution in [0, 0.1) is 0 Å². The number of nitrogens with zero attached hydrogens (tertiary/aromatic N) is 2. The second kappa shape index (κ2) is 9.50. The standard InChI is InChI=1S/C14H15N3O4S3/c1-21-10-4-2-9(3-5-10)15-11(18)8-23-14-17-16-13(24-14)22-7-6-12(19)20/h2-5H,6-8H2,1H3,(H,15,18)(H,19,20). The second-order valence-corrected chi connectivity index (χ2v) is 7.93. The number of nitrogens with one attached hydrogen (secondary N) is 1. The third kappa shape index (κ3) is 6.38. The van der Waals surface area contributed by atoms with Crippen molar-refractivity contribution in [3.8, 4) is 5.75 Å². The molecule has 2 N–H and O–H groups in total. The fraction of sp³-hybridized carbons (Fsp3) is 0.286. The highest BCUT2D eigenvalue weighted by molar-refractivity contribution is 8.03. The molecule has 7 nitrogen and oxygen atoms in total. The van der Waals surface area contributed by atoms with E-state index in [2.05, 4.69) is 15.5 Å². The van der Waals surface area contributed by atoms with Gasteiger partial charge in [-0.1, -0.05) is 34.9 Å². The zero-order valence-corrected chi connectivity index (χ0v) is 15.2. The van der Waals surface area contributed by atoms with Crippen molar-refractivity contribution in [2.45, 2.75) is 15.1 Å². The summed E-state index contributed by atoms with van der Waals surface area (Å²) < 4.78 is 6.44. The molecule has 0 aliphatic rings. The van der Waals surface area contributed by atoms with E-state index in [1.807, 2.05) is 0 Å². The Morgan fingerprint density at radius 1 is 1.21 bits per heavy atom. The van der Waals surface area contributed by atoms with Crippen molar-refractivity contribution in [1.82, 2.24) is 10.2 Å². The highest BCUT2D eigenvalue weighted by atomic mass is 32.2. The molecular formula is C14H15N3O4S3. The number of ether oxygens (including phenoxy) is 1. The molecule has 0 bridgehead atoms. The molecule has 128 valence electrons. The third-order valence-electron chi connectivity index (χ3n) is 2.63. The molecule has 2 rings (SSSR count). The number of benzene rings is 1. The van der Waals surface area contributed by atoms with Gasteiger partial charge in [-0.15, -0.1) is 10.2 Å². The molecule has 0 saturated heterocycles. The van der Waals surface area contributed by atoms with Gasteiger partial charge in [-0.3, -0.25) is 9.59 Å². The normalized spacial score (nSPS) is 10.4. The first-order valence-corrected chi connectivity index (χ1v) is 9.60. The summed E-state index contributed by atoms with van der Waals surface area (Å²) in [7, 11) is 1.58. The summed E-state index contributed by atoms with van der Waals surface area (Å²) in [6, 6.07) is 7.08. The summed E-state index contributed by atoms with van der Waals surface area (Å²) in [5.74, 6) is 0.425. The van der Waals surface area contributed by atoms with Crippen LogP contribution in [0.15, 0.2) is 32.9 Å². The van der Waals surface area contributed by atoms with Gasteiger partial charge in [0, 0.05) is 11.4 Å². The Kier molecular flexibility index (Phi) is 7.35. The first-order valence-electron chi connectivity index (χ1n) is 6.81. The number of thioether (sulfide) groups is 2. The number of rotatable bonds is 9. The predicted molar refractivity (Wildman–Crippen MR) is 95.2 cm³/mol. The molecule has 0 aliphatic carbocycles. The maximum atomic E-state index is 11.9. The Labute approximate surface area is 151 Å². The van der Waals surface area contributed by atoms with Crippen LogP contribution in [0.5, 0.6) is 5.75 Å². The second-order valence-electron chi connectivity index (χ2n) is 4.39. The minimum Gasteiger partial charge on any atom is -0.497 e. The molecule has 0 saturated carbocycles. The van der Waals surface area contributed by atoms with Crippen LogP contribution < -0.4 is 10.1 Å². The van der Waals surface area contributed by atoms with E-state index in [9.17, 15) is 9.59 Å². The molecule has 1 aromatic heterocycles. The number of carboxylic acid groups (broad SMARTS) is 1. The monoisotopic (exact) mass is 385 g/mol. The topological polar surface area (TPSA) is 101 Å². The summed E-state index contributed by atoms with van der Waals surface area (Å²) in [5, 5.41) is 19.3. The smallest absolute Gasteiger partial charge is 0.304 e. The number of carbonyl (C=O) groups excluding carboxylic acids is 1. The molecule has 0 unspecified atom stereocenters. The molecule has 1 heterocycles. The SMILES string of the molecule is COc1ccc(NC(=O)CSc2nnc(SCCC(=O)O)s2)cc1. The number of aliphatic carboxylic acids is 1. The van der Waals surface area contributed by atoms with Crippen molar-refractivity contribution in [2.24, 2.45) is 0 Å². The Bertz CT molecular complexity index is 691. The van der Waals surface area contributed by atoms with E-state index >= 15 is 0 Å². The lowest BCUT2D eigenvalue weighted by molar-refractivity contribution is -0.136. The van der Waals surface area contributed by atoms with Gasteiger partial charge in [0.25, 0.3) is 0 Å². The molecule has 0 aliphatic heterocycles. The lowest BCUT2D eigenvalue weighted by Gasteiger charge is -2.05. The molecule has 0 fully saturated rings. The maximum Gasteiger partial charge on any atom is 0.304 e. The Hall–Kier alpha value is -1.78. The van der Waals surface area contributed by atoms with Gasteiger partial charge in [0.05, 0.1) is 19.3 Å². The van der Waals surface area contributed by atoms with E-state index in [1.54, 1.807) is 31.4 Å². The zero-order valence-electron chi connectivity index (χ0n) is 12.7. The van der Waals surface area contributed by atoms with Crippen LogP contribution in [-0.4, -0.2) is 45.8 Å². The Morgan fingerprint density at radius 2 is 1.88 bits per heavy atom. The van der Waals surface area contributed by atoms with E-state index in [0.717, 1.165) is 5.75 Å².